The van der Waals surface area contributed by atoms with Gasteiger partial charge in [0.15, 0.2) is 11.6 Å². The number of nitrogens with one attached hydrogen (secondary N) is 1. The lowest BCUT2D eigenvalue weighted by Crippen LogP contribution is -2.39. The van der Waals surface area contributed by atoms with E-state index in [1.165, 1.54) is 18.7 Å². The van der Waals surface area contributed by atoms with Crippen LogP contribution in [0.5, 0.6) is 0 Å². The molecule has 1 aromatic heterocycles. The van der Waals surface area contributed by atoms with Crippen molar-refractivity contribution in [2.24, 2.45) is 0 Å². The number of pyridine rings is 1. The lowest BCUT2D eigenvalue weighted by atomic mass is 10.1. The Morgan fingerprint density at radius 2 is 2.17 bits per heavy atom. The molecule has 0 radical (unpaired) electrons. The summed E-state index contributed by atoms with van der Waals surface area (Å²) in [6.07, 6.45) is 4.60. The molecule has 1 N–H and O–H groups in total. The normalized spacial score (nSPS) is 15.6. The number of piperidine rings is 1. The molecule has 18 heavy (non-hydrogen) atoms. The molecule has 6 heteroatoms. The highest BCUT2D eigenvalue weighted by Crippen LogP contribution is 2.15. The van der Waals surface area contributed by atoms with Gasteiger partial charge in [0.25, 0.3) is 0 Å². The molecule has 1 saturated heterocycles. The number of anilines is 1. The lowest BCUT2D eigenvalue weighted by Gasteiger charge is -2.26. The Hall–Kier alpha value is -1.36. The first-order chi connectivity index (χ1) is 8.66. The summed E-state index contributed by atoms with van der Waals surface area (Å²) in [4.78, 5) is 17.4. The van der Waals surface area contributed by atoms with Gasteiger partial charge in [-0.2, -0.15) is 0 Å². The quantitative estimate of drug-likeness (QED) is 0.917. The van der Waals surface area contributed by atoms with Crippen molar-refractivity contribution in [1.82, 2.24) is 9.88 Å². The van der Waals surface area contributed by atoms with Crippen LogP contribution >= 0.6 is 11.6 Å². The molecule has 1 fully saturated rings. The summed E-state index contributed by atoms with van der Waals surface area (Å²) in [5, 5.41) is 2.94. The summed E-state index contributed by atoms with van der Waals surface area (Å²) in [5.74, 6) is -0.510. The van der Waals surface area contributed by atoms with E-state index in [0.29, 0.717) is 0 Å². The fourth-order valence-corrected chi connectivity index (χ4v) is 2.10. The van der Waals surface area contributed by atoms with Gasteiger partial charge in [0.1, 0.15) is 0 Å². The number of carbonyl (C=O) groups excluding carboxylic acids is 1. The largest absolute Gasteiger partial charge is 0.359 e. The fourth-order valence-electron chi connectivity index (χ4n) is 1.96. The summed E-state index contributed by atoms with van der Waals surface area (Å²) in [5.41, 5.74) is 0. The molecule has 0 spiro atoms. The summed E-state index contributed by atoms with van der Waals surface area (Å²) in [7, 11) is 0. The van der Waals surface area contributed by atoms with E-state index in [1.807, 2.05) is 0 Å². The van der Waals surface area contributed by atoms with Crippen molar-refractivity contribution in [3.8, 4) is 0 Å². The fraction of sp³-hybridized carbons (Fsp3) is 0.500. The van der Waals surface area contributed by atoms with E-state index < -0.39 is 5.82 Å². The Labute approximate surface area is 110 Å². The number of rotatable bonds is 3. The maximum Gasteiger partial charge on any atom is 0.241 e. The molecule has 0 unspecified atom stereocenters. The van der Waals surface area contributed by atoms with Crippen LogP contribution in [0, 0.1) is 5.82 Å². The highest BCUT2D eigenvalue weighted by Gasteiger charge is 2.16. The SMILES string of the molecule is O=C(CNc1ncc(Cl)cc1F)N1CCCCC1. The standard InChI is InChI=1S/C12H15ClFN3O/c13-9-6-10(14)12(15-7-9)16-8-11(18)17-4-2-1-3-5-17/h6-7H,1-5,8H2,(H,15,16). The van der Waals surface area contributed by atoms with Gasteiger partial charge in [-0.3, -0.25) is 4.79 Å². The highest BCUT2D eigenvalue weighted by atomic mass is 35.5. The Morgan fingerprint density at radius 1 is 1.44 bits per heavy atom. The van der Waals surface area contributed by atoms with Crippen LogP contribution < -0.4 is 5.32 Å². The van der Waals surface area contributed by atoms with Crippen LogP contribution in [0.1, 0.15) is 19.3 Å². The molecule has 98 valence electrons. The second-order valence-electron chi connectivity index (χ2n) is 4.28. The number of halogens is 2. The molecule has 1 aliphatic rings. The first-order valence-electron chi connectivity index (χ1n) is 5.99. The highest BCUT2D eigenvalue weighted by molar-refractivity contribution is 6.30. The monoisotopic (exact) mass is 271 g/mol. The minimum absolute atomic E-state index is 0.0224. The van der Waals surface area contributed by atoms with Gasteiger partial charge in [0.2, 0.25) is 5.91 Å². The van der Waals surface area contributed by atoms with E-state index in [0.717, 1.165) is 25.9 Å². The molecule has 0 saturated carbocycles. The molecule has 1 amide bonds. The third-order valence-corrected chi connectivity index (χ3v) is 3.13. The van der Waals surface area contributed by atoms with Crippen LogP contribution in [0.4, 0.5) is 10.2 Å². The first kappa shape index (κ1) is 13.1. The molecule has 0 bridgehead atoms. The second kappa shape index (κ2) is 6.00. The van der Waals surface area contributed by atoms with Crippen LogP contribution in [0.3, 0.4) is 0 Å². The predicted octanol–water partition coefficient (Wildman–Crippen LogP) is 2.30. The summed E-state index contributed by atoms with van der Waals surface area (Å²) in [6, 6.07) is 1.17. The summed E-state index contributed by atoms with van der Waals surface area (Å²) < 4.78 is 13.4. The third kappa shape index (κ3) is 3.32. The lowest BCUT2D eigenvalue weighted by molar-refractivity contribution is -0.130. The van der Waals surface area contributed by atoms with E-state index in [1.54, 1.807) is 4.90 Å². The number of amides is 1. The zero-order valence-electron chi connectivity index (χ0n) is 9.96. The molecule has 4 nitrogen and oxygen atoms in total. The number of aromatic nitrogens is 1. The molecule has 0 atom stereocenters. The van der Waals surface area contributed by atoms with Crippen LogP contribution in [0.2, 0.25) is 5.02 Å². The van der Waals surface area contributed by atoms with Gasteiger partial charge in [-0.25, -0.2) is 9.37 Å². The molecule has 2 heterocycles. The smallest absolute Gasteiger partial charge is 0.241 e. The van der Waals surface area contributed by atoms with Crippen LogP contribution in [-0.2, 0) is 4.79 Å². The third-order valence-electron chi connectivity index (χ3n) is 2.92. The predicted molar refractivity (Wildman–Crippen MR) is 68.1 cm³/mol. The first-order valence-corrected chi connectivity index (χ1v) is 6.37. The maximum atomic E-state index is 13.4. The number of hydrogen-bond acceptors (Lipinski definition) is 3. The van der Waals surface area contributed by atoms with Crippen molar-refractivity contribution in [3.63, 3.8) is 0 Å². The van der Waals surface area contributed by atoms with Crippen molar-refractivity contribution in [3.05, 3.63) is 23.1 Å². The van der Waals surface area contributed by atoms with Crippen LogP contribution in [0.15, 0.2) is 12.3 Å². The Bertz CT molecular complexity index is 435. The molecular weight excluding hydrogens is 257 g/mol. The minimum atomic E-state index is -0.547. The van der Waals surface area contributed by atoms with Crippen molar-refractivity contribution >= 4 is 23.3 Å². The molecule has 0 aromatic carbocycles. The van der Waals surface area contributed by atoms with E-state index in [-0.39, 0.29) is 23.3 Å². The average molecular weight is 272 g/mol. The van der Waals surface area contributed by atoms with Gasteiger partial charge in [-0.15, -0.1) is 0 Å². The van der Waals surface area contributed by atoms with Gasteiger partial charge in [0, 0.05) is 19.3 Å². The topological polar surface area (TPSA) is 45.2 Å². The number of hydrogen-bond donors (Lipinski definition) is 1. The number of likely N-dealkylation sites (tertiary alicyclic amines) is 1. The molecule has 0 aliphatic carbocycles. The van der Waals surface area contributed by atoms with Gasteiger partial charge in [-0.1, -0.05) is 11.6 Å². The molecular formula is C12H15ClFN3O. The zero-order chi connectivity index (χ0) is 13.0. The Balaban J connectivity index is 1.88. The van der Waals surface area contributed by atoms with Gasteiger partial charge >= 0.3 is 0 Å². The van der Waals surface area contributed by atoms with E-state index in [2.05, 4.69) is 10.3 Å². The van der Waals surface area contributed by atoms with E-state index in [4.69, 9.17) is 11.6 Å². The second-order valence-corrected chi connectivity index (χ2v) is 4.72. The van der Waals surface area contributed by atoms with Crippen molar-refractivity contribution in [2.75, 3.05) is 25.0 Å². The molecule has 1 aromatic rings. The van der Waals surface area contributed by atoms with Gasteiger partial charge in [-0.05, 0) is 25.3 Å². The van der Waals surface area contributed by atoms with E-state index in [9.17, 15) is 9.18 Å². The van der Waals surface area contributed by atoms with Crippen LogP contribution in [-0.4, -0.2) is 35.4 Å². The summed E-state index contributed by atoms with van der Waals surface area (Å²) >= 11 is 5.60. The maximum absolute atomic E-state index is 13.4. The van der Waals surface area contributed by atoms with Crippen molar-refractivity contribution in [2.45, 2.75) is 19.3 Å². The van der Waals surface area contributed by atoms with Crippen LogP contribution in [0.25, 0.3) is 0 Å². The Kier molecular flexibility index (Phi) is 4.36. The zero-order valence-corrected chi connectivity index (χ0v) is 10.7. The average Bonchev–Trinajstić information content (AvgIpc) is 2.38. The van der Waals surface area contributed by atoms with Gasteiger partial charge < -0.3 is 10.2 Å². The molecule has 2 rings (SSSR count). The Morgan fingerprint density at radius 3 is 2.83 bits per heavy atom. The van der Waals surface area contributed by atoms with Gasteiger partial charge in [0.05, 0.1) is 11.6 Å². The number of carbonyl (C=O) groups is 1. The van der Waals surface area contributed by atoms with Crippen molar-refractivity contribution < 1.29 is 9.18 Å². The van der Waals surface area contributed by atoms with Crippen molar-refractivity contribution in [1.29, 1.82) is 0 Å². The molecule has 1 aliphatic heterocycles. The number of nitrogens with zero attached hydrogens (tertiary/aromatic N) is 2. The summed E-state index contributed by atoms with van der Waals surface area (Å²) in [6.45, 7) is 1.64. The minimum Gasteiger partial charge on any atom is -0.359 e. The van der Waals surface area contributed by atoms with E-state index >= 15 is 0 Å².